The number of carboxylic acids is 1. The van der Waals surface area contributed by atoms with Crippen LogP contribution < -0.4 is 0 Å². The van der Waals surface area contributed by atoms with Crippen LogP contribution in [-0.2, 0) is 0 Å². The molecule has 2 heterocycles. The normalized spacial score (nSPS) is 10.4. The first-order chi connectivity index (χ1) is 7.58. The van der Waals surface area contributed by atoms with Gasteiger partial charge in [0.2, 0.25) is 0 Å². The Balaban J connectivity index is 2.60. The molecule has 2 rings (SSSR count). The fourth-order valence-electron chi connectivity index (χ4n) is 1.43. The molecule has 16 heavy (non-hydrogen) atoms. The van der Waals surface area contributed by atoms with Crippen LogP contribution >= 0.6 is 0 Å². The zero-order valence-corrected chi connectivity index (χ0v) is 9.01. The summed E-state index contributed by atoms with van der Waals surface area (Å²) in [5.41, 5.74) is 1.78. The minimum atomic E-state index is -1.00. The van der Waals surface area contributed by atoms with Crippen LogP contribution in [-0.4, -0.2) is 25.8 Å². The van der Waals surface area contributed by atoms with E-state index in [1.54, 1.807) is 31.5 Å². The van der Waals surface area contributed by atoms with Crippen LogP contribution in [0.2, 0.25) is 0 Å². The second-order valence-corrected chi connectivity index (χ2v) is 3.59. The summed E-state index contributed by atoms with van der Waals surface area (Å²) in [5.74, 6) is -0.662. The molecule has 0 aromatic carbocycles. The molecule has 0 unspecified atom stereocenters. The van der Waals surface area contributed by atoms with Crippen LogP contribution in [0.4, 0.5) is 0 Å². The molecular formula is C11H11N3O2. The number of nitrogens with zero attached hydrogens (tertiary/aromatic N) is 3. The monoisotopic (exact) mass is 217 g/mol. The third-order valence-electron chi connectivity index (χ3n) is 2.17. The molecule has 0 bridgehead atoms. The Labute approximate surface area is 92.4 Å². The Morgan fingerprint density at radius 1 is 1.44 bits per heavy atom. The maximum atomic E-state index is 11.1. The summed E-state index contributed by atoms with van der Waals surface area (Å²) in [6, 6.07) is 3.38. The van der Waals surface area contributed by atoms with Crippen LogP contribution in [0, 0.1) is 13.8 Å². The van der Waals surface area contributed by atoms with Crippen LogP contribution in [0.5, 0.6) is 0 Å². The smallest absolute Gasteiger partial charge is 0.339 e. The summed E-state index contributed by atoms with van der Waals surface area (Å²) in [6.45, 7) is 3.64. The van der Waals surface area contributed by atoms with Crippen LogP contribution in [0.1, 0.15) is 21.6 Å². The SMILES string of the molecule is Cc1cnc(-n2ccc(C)n2)c(C(=O)O)c1. The van der Waals surface area contributed by atoms with E-state index >= 15 is 0 Å². The lowest BCUT2D eigenvalue weighted by Gasteiger charge is -2.05. The van der Waals surface area contributed by atoms with E-state index in [1.807, 2.05) is 6.92 Å². The maximum absolute atomic E-state index is 11.1. The summed E-state index contributed by atoms with van der Waals surface area (Å²) < 4.78 is 1.47. The van der Waals surface area contributed by atoms with E-state index < -0.39 is 5.97 Å². The van der Waals surface area contributed by atoms with Gasteiger partial charge in [0.05, 0.1) is 5.69 Å². The minimum absolute atomic E-state index is 0.156. The summed E-state index contributed by atoms with van der Waals surface area (Å²) in [5, 5.41) is 13.2. The van der Waals surface area contributed by atoms with E-state index in [-0.39, 0.29) is 5.56 Å². The average Bonchev–Trinajstić information content (AvgIpc) is 2.64. The van der Waals surface area contributed by atoms with Crippen molar-refractivity contribution in [2.75, 3.05) is 0 Å². The Morgan fingerprint density at radius 3 is 2.75 bits per heavy atom. The molecule has 0 fully saturated rings. The molecule has 2 aromatic rings. The lowest BCUT2D eigenvalue weighted by atomic mass is 10.2. The van der Waals surface area contributed by atoms with Crippen molar-refractivity contribution >= 4 is 5.97 Å². The molecule has 0 spiro atoms. The number of pyridine rings is 1. The highest BCUT2D eigenvalue weighted by Gasteiger charge is 2.13. The van der Waals surface area contributed by atoms with E-state index in [9.17, 15) is 4.79 Å². The molecule has 0 atom stereocenters. The number of hydrogen-bond donors (Lipinski definition) is 1. The highest BCUT2D eigenvalue weighted by atomic mass is 16.4. The average molecular weight is 217 g/mol. The molecular weight excluding hydrogens is 206 g/mol. The fraction of sp³-hybridized carbons (Fsp3) is 0.182. The number of carbonyl (C=O) groups is 1. The fourth-order valence-corrected chi connectivity index (χ4v) is 1.43. The molecule has 0 saturated carbocycles. The molecule has 2 aromatic heterocycles. The Morgan fingerprint density at radius 2 is 2.19 bits per heavy atom. The third-order valence-corrected chi connectivity index (χ3v) is 2.17. The molecule has 5 heteroatoms. The summed E-state index contributed by atoms with van der Waals surface area (Å²) >= 11 is 0. The highest BCUT2D eigenvalue weighted by molar-refractivity contribution is 5.91. The van der Waals surface area contributed by atoms with Gasteiger partial charge in [0, 0.05) is 12.4 Å². The predicted molar refractivity (Wildman–Crippen MR) is 57.8 cm³/mol. The maximum Gasteiger partial charge on any atom is 0.339 e. The topological polar surface area (TPSA) is 68.0 Å². The van der Waals surface area contributed by atoms with Crippen molar-refractivity contribution in [1.29, 1.82) is 0 Å². The van der Waals surface area contributed by atoms with E-state index in [4.69, 9.17) is 5.11 Å². The van der Waals surface area contributed by atoms with Gasteiger partial charge in [-0.2, -0.15) is 5.10 Å². The van der Waals surface area contributed by atoms with E-state index in [0.717, 1.165) is 11.3 Å². The Bertz CT molecular complexity index is 546. The van der Waals surface area contributed by atoms with E-state index in [2.05, 4.69) is 10.1 Å². The molecule has 0 aliphatic rings. The highest BCUT2D eigenvalue weighted by Crippen LogP contribution is 2.13. The van der Waals surface area contributed by atoms with E-state index in [1.165, 1.54) is 4.68 Å². The largest absolute Gasteiger partial charge is 0.478 e. The lowest BCUT2D eigenvalue weighted by molar-refractivity contribution is 0.0696. The van der Waals surface area contributed by atoms with Gasteiger partial charge >= 0.3 is 5.97 Å². The van der Waals surface area contributed by atoms with Crippen molar-refractivity contribution in [3.05, 3.63) is 41.3 Å². The number of carboxylic acid groups (broad SMARTS) is 1. The molecule has 0 amide bonds. The van der Waals surface area contributed by atoms with Crippen molar-refractivity contribution in [1.82, 2.24) is 14.8 Å². The number of aromatic carboxylic acids is 1. The van der Waals surface area contributed by atoms with Gasteiger partial charge in [-0.1, -0.05) is 0 Å². The first kappa shape index (κ1) is 10.4. The zero-order chi connectivity index (χ0) is 11.7. The van der Waals surface area contributed by atoms with Crippen molar-refractivity contribution in [2.45, 2.75) is 13.8 Å². The summed E-state index contributed by atoms with van der Waals surface area (Å²) in [6.07, 6.45) is 3.32. The van der Waals surface area contributed by atoms with Crippen molar-refractivity contribution < 1.29 is 9.90 Å². The number of hydrogen-bond acceptors (Lipinski definition) is 3. The lowest BCUT2D eigenvalue weighted by Crippen LogP contribution is -2.08. The first-order valence-corrected chi connectivity index (χ1v) is 4.80. The van der Waals surface area contributed by atoms with Gasteiger partial charge in [-0.3, -0.25) is 0 Å². The van der Waals surface area contributed by atoms with Crippen LogP contribution in [0.3, 0.4) is 0 Å². The summed E-state index contributed by atoms with van der Waals surface area (Å²) in [7, 11) is 0. The number of rotatable bonds is 2. The van der Waals surface area contributed by atoms with Gasteiger partial charge in [-0.15, -0.1) is 0 Å². The minimum Gasteiger partial charge on any atom is -0.478 e. The van der Waals surface area contributed by atoms with Crippen LogP contribution in [0.15, 0.2) is 24.5 Å². The second-order valence-electron chi connectivity index (χ2n) is 3.59. The first-order valence-electron chi connectivity index (χ1n) is 4.80. The quantitative estimate of drug-likeness (QED) is 0.829. The van der Waals surface area contributed by atoms with Gasteiger partial charge in [0.1, 0.15) is 5.56 Å². The second kappa shape index (κ2) is 3.77. The third kappa shape index (κ3) is 1.79. The summed E-state index contributed by atoms with van der Waals surface area (Å²) in [4.78, 5) is 15.2. The standard InChI is InChI=1S/C11H11N3O2/c1-7-5-9(11(15)16)10(12-6-7)14-4-3-8(2)13-14/h3-6H,1-2H3,(H,15,16). The van der Waals surface area contributed by atoms with Gasteiger partial charge < -0.3 is 5.11 Å². The van der Waals surface area contributed by atoms with Crippen molar-refractivity contribution in [2.24, 2.45) is 0 Å². The molecule has 82 valence electrons. The van der Waals surface area contributed by atoms with Gasteiger partial charge in [0.15, 0.2) is 5.82 Å². The molecule has 0 saturated heterocycles. The Hall–Kier alpha value is -2.17. The van der Waals surface area contributed by atoms with Crippen molar-refractivity contribution in [3.8, 4) is 5.82 Å². The molecule has 5 nitrogen and oxygen atoms in total. The van der Waals surface area contributed by atoms with Gasteiger partial charge in [-0.05, 0) is 31.5 Å². The Kier molecular flexibility index (Phi) is 2.44. The number of aromatic nitrogens is 3. The number of aryl methyl sites for hydroxylation is 2. The van der Waals surface area contributed by atoms with Gasteiger partial charge in [-0.25, -0.2) is 14.5 Å². The molecule has 1 N–H and O–H groups in total. The zero-order valence-electron chi connectivity index (χ0n) is 9.01. The van der Waals surface area contributed by atoms with Gasteiger partial charge in [0.25, 0.3) is 0 Å². The van der Waals surface area contributed by atoms with Crippen molar-refractivity contribution in [3.63, 3.8) is 0 Å². The van der Waals surface area contributed by atoms with Crippen LogP contribution in [0.25, 0.3) is 5.82 Å². The molecule has 0 aliphatic heterocycles. The van der Waals surface area contributed by atoms with E-state index in [0.29, 0.717) is 5.82 Å². The predicted octanol–water partition coefficient (Wildman–Crippen LogP) is 1.58. The molecule has 0 aliphatic carbocycles. The molecule has 0 radical (unpaired) electrons.